The van der Waals surface area contributed by atoms with Gasteiger partial charge in [-0.05, 0) is 60.5 Å². The van der Waals surface area contributed by atoms with Crippen molar-refractivity contribution in [3.05, 3.63) is 24.4 Å². The Balaban J connectivity index is 4.42. The van der Waals surface area contributed by atoms with Crippen LogP contribution >= 0.6 is 21.6 Å². The lowest BCUT2D eigenvalue weighted by molar-refractivity contribution is -0.131. The van der Waals surface area contributed by atoms with E-state index in [9.17, 15) is 19.2 Å². The maximum absolute atomic E-state index is 12.3. The van der Waals surface area contributed by atoms with Crippen molar-refractivity contribution in [1.29, 1.82) is 0 Å². The monoisotopic (exact) mass is 485 g/mol. The fourth-order valence-electron chi connectivity index (χ4n) is 2.40. The number of hydrogen-bond acceptors (Lipinski definition) is 6. The molecule has 0 rings (SSSR count). The third kappa shape index (κ3) is 13.6. The average Bonchev–Trinajstić information content (AvgIpc) is 2.72. The zero-order valence-electron chi connectivity index (χ0n) is 20.4. The van der Waals surface area contributed by atoms with Crippen molar-refractivity contribution in [2.45, 2.75) is 96.2 Å². The molecule has 0 aromatic carbocycles. The van der Waals surface area contributed by atoms with Gasteiger partial charge < -0.3 is 20.7 Å². The van der Waals surface area contributed by atoms with E-state index in [1.54, 1.807) is 55.4 Å². The number of nitrogens with one attached hydrogen (secondary N) is 3. The van der Waals surface area contributed by atoms with Crippen LogP contribution in [0.4, 0.5) is 0 Å². The minimum atomic E-state index is -0.755. The molecule has 32 heavy (non-hydrogen) atoms. The van der Waals surface area contributed by atoms with E-state index >= 15 is 0 Å². The van der Waals surface area contributed by atoms with Crippen LogP contribution in [0, 0.1) is 0 Å². The van der Waals surface area contributed by atoms with E-state index in [4.69, 9.17) is 0 Å². The Morgan fingerprint density at radius 1 is 1.00 bits per heavy atom. The molecule has 0 heterocycles. The van der Waals surface area contributed by atoms with Gasteiger partial charge in [-0.1, -0.05) is 41.2 Å². The van der Waals surface area contributed by atoms with Gasteiger partial charge in [-0.3, -0.25) is 14.4 Å². The van der Waals surface area contributed by atoms with E-state index < -0.39 is 18.0 Å². The van der Waals surface area contributed by atoms with Gasteiger partial charge in [0.2, 0.25) is 17.7 Å². The predicted molar refractivity (Wildman–Crippen MR) is 135 cm³/mol. The predicted octanol–water partition coefficient (Wildman–Crippen LogP) is 3.90. The van der Waals surface area contributed by atoms with Crippen LogP contribution in [-0.2, 0) is 19.2 Å². The van der Waals surface area contributed by atoms with Crippen LogP contribution in [0.1, 0.15) is 74.1 Å². The summed E-state index contributed by atoms with van der Waals surface area (Å²) in [5.41, 5.74) is 0.560. The summed E-state index contributed by atoms with van der Waals surface area (Å²) < 4.78 is -0.125. The van der Waals surface area contributed by atoms with Crippen LogP contribution in [0.25, 0.3) is 0 Å². The molecule has 182 valence electrons. The number of rotatable bonds is 15. The highest BCUT2D eigenvalue weighted by Crippen LogP contribution is 2.42. The maximum Gasteiger partial charge on any atom is 0.246 e. The van der Waals surface area contributed by atoms with Crippen molar-refractivity contribution >= 4 is 45.1 Å². The molecule has 0 spiro atoms. The highest BCUT2D eigenvalue weighted by molar-refractivity contribution is 8.77. The SMILES string of the molecule is C=C/C(=C\C)NC(=O)[C@H](C)NC(=O)[C@H](C)NC(=O)CCC(C)(C)SSC(C)CCC(C)=O. The number of amides is 3. The van der Waals surface area contributed by atoms with Crippen molar-refractivity contribution < 1.29 is 19.2 Å². The van der Waals surface area contributed by atoms with E-state index in [1.807, 2.05) is 0 Å². The van der Waals surface area contributed by atoms with E-state index in [0.717, 1.165) is 6.42 Å². The first kappa shape index (κ1) is 30.3. The van der Waals surface area contributed by atoms with Gasteiger partial charge >= 0.3 is 0 Å². The molecule has 3 atom stereocenters. The quantitative estimate of drug-likeness (QED) is 0.240. The molecular weight excluding hydrogens is 446 g/mol. The second kappa shape index (κ2) is 15.2. The minimum Gasteiger partial charge on any atom is -0.345 e. The molecule has 0 aliphatic heterocycles. The van der Waals surface area contributed by atoms with Gasteiger partial charge in [0.05, 0.1) is 0 Å². The van der Waals surface area contributed by atoms with Crippen molar-refractivity contribution in [2.24, 2.45) is 0 Å². The van der Waals surface area contributed by atoms with Crippen molar-refractivity contribution in [2.75, 3.05) is 0 Å². The Bertz CT molecular complexity index is 707. The molecule has 9 heteroatoms. The molecular formula is C23H39N3O4S2. The molecule has 0 aliphatic rings. The Morgan fingerprint density at radius 2 is 1.59 bits per heavy atom. The Hall–Kier alpha value is -1.74. The lowest BCUT2D eigenvalue weighted by atomic mass is 10.1. The number of allylic oxidation sites excluding steroid dienone is 2. The highest BCUT2D eigenvalue weighted by Gasteiger charge is 2.24. The van der Waals surface area contributed by atoms with Crippen molar-refractivity contribution in [3.8, 4) is 0 Å². The molecule has 0 saturated heterocycles. The summed E-state index contributed by atoms with van der Waals surface area (Å²) in [6.45, 7) is 16.4. The standard InChI is InChI=1S/C23H39N3O4S2/c1-9-19(10-2)26-22(30)18(6)25-21(29)17(5)24-20(28)13-14-23(7,8)32-31-16(4)12-11-15(3)27/h9-10,16-18H,1,11-14H2,2-8H3,(H,24,28)(H,25,29)(H,26,30)/b19-10+/t16?,17-,18-/m0/s1. The third-order valence-corrected chi connectivity index (χ3v) is 8.56. The normalized spacial score (nSPS) is 14.7. The van der Waals surface area contributed by atoms with E-state index in [-0.39, 0.29) is 22.3 Å². The minimum absolute atomic E-state index is 0.125. The molecule has 3 amide bonds. The van der Waals surface area contributed by atoms with Crippen molar-refractivity contribution in [1.82, 2.24) is 16.0 Å². The van der Waals surface area contributed by atoms with Crippen molar-refractivity contribution in [3.63, 3.8) is 0 Å². The first-order chi connectivity index (χ1) is 14.8. The molecule has 0 aliphatic carbocycles. The summed E-state index contributed by atoms with van der Waals surface area (Å²) in [5.74, 6) is -0.800. The fraction of sp³-hybridized carbons (Fsp3) is 0.652. The summed E-state index contributed by atoms with van der Waals surface area (Å²) in [4.78, 5) is 47.9. The lowest BCUT2D eigenvalue weighted by Gasteiger charge is -2.25. The molecule has 0 aromatic heterocycles. The number of ketones is 1. The number of hydrogen-bond donors (Lipinski definition) is 3. The van der Waals surface area contributed by atoms with Crippen LogP contribution in [0.3, 0.4) is 0 Å². The molecule has 0 fully saturated rings. The maximum atomic E-state index is 12.3. The zero-order valence-corrected chi connectivity index (χ0v) is 22.0. The van der Waals surface area contributed by atoms with Gasteiger partial charge in [0, 0.05) is 28.5 Å². The van der Waals surface area contributed by atoms with Gasteiger partial charge in [0.1, 0.15) is 17.9 Å². The summed E-state index contributed by atoms with van der Waals surface area (Å²) in [7, 11) is 3.45. The topological polar surface area (TPSA) is 104 Å². The second-order valence-corrected chi connectivity index (χ2v) is 11.8. The molecule has 7 nitrogen and oxygen atoms in total. The number of carbonyl (C=O) groups excluding carboxylic acids is 4. The van der Waals surface area contributed by atoms with Crippen LogP contribution in [-0.4, -0.2) is 45.6 Å². The lowest BCUT2D eigenvalue weighted by Crippen LogP contribution is -2.51. The summed E-state index contributed by atoms with van der Waals surface area (Å²) in [6, 6.07) is -1.51. The zero-order chi connectivity index (χ0) is 24.9. The molecule has 3 N–H and O–H groups in total. The first-order valence-corrected chi connectivity index (χ1v) is 13.1. The van der Waals surface area contributed by atoms with Crippen LogP contribution in [0.2, 0.25) is 0 Å². The van der Waals surface area contributed by atoms with Crippen LogP contribution in [0.5, 0.6) is 0 Å². The Labute approximate surface area is 200 Å². The third-order valence-electron chi connectivity index (χ3n) is 4.62. The molecule has 0 aromatic rings. The largest absolute Gasteiger partial charge is 0.345 e. The average molecular weight is 486 g/mol. The number of carbonyl (C=O) groups is 4. The first-order valence-electron chi connectivity index (χ1n) is 10.8. The number of Topliss-reactive ketones (excluding diaryl/α,β-unsaturated/α-hetero) is 1. The van der Waals surface area contributed by atoms with Crippen LogP contribution in [0.15, 0.2) is 24.4 Å². The van der Waals surface area contributed by atoms with Gasteiger partial charge in [0.15, 0.2) is 0 Å². The van der Waals surface area contributed by atoms with E-state index in [2.05, 4.69) is 43.3 Å². The van der Waals surface area contributed by atoms with Gasteiger partial charge in [-0.2, -0.15) is 0 Å². The second-order valence-electron chi connectivity index (χ2n) is 8.45. The smallest absolute Gasteiger partial charge is 0.246 e. The van der Waals surface area contributed by atoms with E-state index in [0.29, 0.717) is 30.2 Å². The summed E-state index contributed by atoms with van der Waals surface area (Å²) >= 11 is 0. The Morgan fingerprint density at radius 3 is 2.12 bits per heavy atom. The van der Waals surface area contributed by atoms with Gasteiger partial charge in [-0.15, -0.1) is 0 Å². The summed E-state index contributed by atoms with van der Waals surface area (Å²) in [5, 5.41) is 8.31. The highest BCUT2D eigenvalue weighted by atomic mass is 33.1. The van der Waals surface area contributed by atoms with E-state index in [1.165, 1.54) is 6.08 Å². The Kier molecular flexibility index (Phi) is 14.3. The molecule has 0 radical (unpaired) electrons. The van der Waals surface area contributed by atoms with Gasteiger partial charge in [0.25, 0.3) is 0 Å². The molecule has 0 bridgehead atoms. The summed E-state index contributed by atoms with van der Waals surface area (Å²) in [6.07, 6.45) is 5.59. The fourth-order valence-corrected chi connectivity index (χ4v) is 5.04. The van der Waals surface area contributed by atoms with Crippen LogP contribution < -0.4 is 16.0 Å². The van der Waals surface area contributed by atoms with Gasteiger partial charge in [-0.25, -0.2) is 0 Å². The molecule has 0 saturated carbocycles. The molecule has 1 unspecified atom stereocenters.